The third kappa shape index (κ3) is 3.81. The van der Waals surface area contributed by atoms with Crippen molar-refractivity contribution in [1.82, 2.24) is 9.97 Å². The monoisotopic (exact) mass is 287 g/mol. The fourth-order valence-electron chi connectivity index (χ4n) is 1.62. The maximum absolute atomic E-state index is 12.1. The number of aryl methyl sites for hydroxylation is 2. The number of thioether (sulfide) groups is 1. The van der Waals surface area contributed by atoms with Crippen LogP contribution in [0.4, 0.5) is 5.69 Å². The number of aromatic nitrogens is 2. The molecule has 4 nitrogen and oxygen atoms in total. The molecule has 0 saturated heterocycles. The first-order valence-electron chi connectivity index (χ1n) is 6.38. The predicted molar refractivity (Wildman–Crippen MR) is 81.9 cm³/mol. The second-order valence-electron chi connectivity index (χ2n) is 4.58. The van der Waals surface area contributed by atoms with Gasteiger partial charge in [0.15, 0.2) is 5.16 Å². The highest BCUT2D eigenvalue weighted by molar-refractivity contribution is 8.00. The van der Waals surface area contributed by atoms with E-state index < -0.39 is 0 Å². The molecule has 0 bridgehead atoms. The van der Waals surface area contributed by atoms with Crippen molar-refractivity contribution < 1.29 is 4.79 Å². The minimum atomic E-state index is -0.251. The molecule has 0 spiro atoms. The highest BCUT2D eigenvalue weighted by Crippen LogP contribution is 2.20. The summed E-state index contributed by atoms with van der Waals surface area (Å²) in [6, 6.07) is 7.65. The van der Waals surface area contributed by atoms with Crippen LogP contribution in [0.1, 0.15) is 18.1 Å². The summed E-state index contributed by atoms with van der Waals surface area (Å²) in [7, 11) is 0. The molecule has 5 heteroatoms. The molecule has 1 heterocycles. The predicted octanol–water partition coefficient (Wildman–Crippen LogP) is 3.21. The molecule has 104 valence electrons. The lowest BCUT2D eigenvalue weighted by Crippen LogP contribution is -2.22. The lowest BCUT2D eigenvalue weighted by atomic mass is 10.1. The summed E-state index contributed by atoms with van der Waals surface area (Å²) in [6.45, 7) is 5.92. The Morgan fingerprint density at radius 3 is 2.55 bits per heavy atom. The van der Waals surface area contributed by atoms with Crippen LogP contribution in [0.3, 0.4) is 0 Å². The molecular formula is C15H17N3OS. The molecule has 0 aliphatic heterocycles. The van der Waals surface area contributed by atoms with Crippen LogP contribution in [0.15, 0.2) is 41.8 Å². The number of nitrogens with zero attached hydrogens (tertiary/aromatic N) is 2. The van der Waals surface area contributed by atoms with Crippen LogP contribution in [0.5, 0.6) is 0 Å². The van der Waals surface area contributed by atoms with Crippen LogP contribution in [-0.2, 0) is 4.79 Å². The fourth-order valence-corrected chi connectivity index (χ4v) is 2.35. The summed E-state index contributed by atoms with van der Waals surface area (Å²) in [5.74, 6) is -0.0503. The topological polar surface area (TPSA) is 54.9 Å². The van der Waals surface area contributed by atoms with Crippen molar-refractivity contribution >= 4 is 23.4 Å². The minimum absolute atomic E-state index is 0.0503. The van der Waals surface area contributed by atoms with E-state index in [0.29, 0.717) is 5.16 Å². The molecule has 1 atom stereocenters. The summed E-state index contributed by atoms with van der Waals surface area (Å²) >= 11 is 1.34. The minimum Gasteiger partial charge on any atom is -0.325 e. The van der Waals surface area contributed by atoms with Gasteiger partial charge in [-0.05, 0) is 50.1 Å². The zero-order chi connectivity index (χ0) is 14.5. The second kappa shape index (κ2) is 6.52. The lowest BCUT2D eigenvalue weighted by molar-refractivity contribution is -0.115. The van der Waals surface area contributed by atoms with Crippen molar-refractivity contribution in [1.29, 1.82) is 0 Å². The van der Waals surface area contributed by atoms with Gasteiger partial charge in [0.05, 0.1) is 5.25 Å². The molecule has 1 amide bonds. The van der Waals surface area contributed by atoms with Gasteiger partial charge in [-0.1, -0.05) is 17.8 Å². The molecule has 1 N–H and O–H groups in total. The Hall–Kier alpha value is -1.88. The first-order chi connectivity index (χ1) is 9.56. The van der Waals surface area contributed by atoms with E-state index in [1.807, 2.05) is 39.0 Å². The highest BCUT2D eigenvalue weighted by Gasteiger charge is 2.15. The van der Waals surface area contributed by atoms with Gasteiger partial charge in [-0.2, -0.15) is 0 Å². The van der Waals surface area contributed by atoms with Gasteiger partial charge in [0.25, 0.3) is 0 Å². The number of hydrogen-bond donors (Lipinski definition) is 1. The maximum Gasteiger partial charge on any atom is 0.237 e. The molecule has 0 saturated carbocycles. The van der Waals surface area contributed by atoms with Gasteiger partial charge in [-0.3, -0.25) is 4.79 Å². The SMILES string of the molecule is Cc1ccc(NC(=O)C(C)Sc2ncccn2)cc1C. The lowest BCUT2D eigenvalue weighted by Gasteiger charge is -2.12. The van der Waals surface area contributed by atoms with E-state index in [4.69, 9.17) is 0 Å². The number of rotatable bonds is 4. The molecule has 2 aromatic rings. The molecule has 20 heavy (non-hydrogen) atoms. The highest BCUT2D eigenvalue weighted by atomic mass is 32.2. The maximum atomic E-state index is 12.1. The average molecular weight is 287 g/mol. The molecule has 2 rings (SSSR count). The van der Waals surface area contributed by atoms with Crippen molar-refractivity contribution in [2.24, 2.45) is 0 Å². The fraction of sp³-hybridized carbons (Fsp3) is 0.267. The number of nitrogens with one attached hydrogen (secondary N) is 1. The van der Waals surface area contributed by atoms with Gasteiger partial charge in [-0.25, -0.2) is 9.97 Å². The van der Waals surface area contributed by atoms with Gasteiger partial charge in [-0.15, -0.1) is 0 Å². The molecule has 1 aromatic carbocycles. The zero-order valence-corrected chi connectivity index (χ0v) is 12.6. The molecule has 1 unspecified atom stereocenters. The molecule has 1 aromatic heterocycles. The average Bonchev–Trinajstić information content (AvgIpc) is 2.44. The van der Waals surface area contributed by atoms with Gasteiger partial charge in [0.1, 0.15) is 0 Å². The van der Waals surface area contributed by atoms with Crippen LogP contribution >= 0.6 is 11.8 Å². The number of amides is 1. The third-order valence-corrected chi connectivity index (χ3v) is 3.96. The summed E-state index contributed by atoms with van der Waals surface area (Å²) in [5, 5.41) is 3.27. The molecular weight excluding hydrogens is 270 g/mol. The number of hydrogen-bond acceptors (Lipinski definition) is 4. The molecule has 0 radical (unpaired) electrons. The van der Waals surface area contributed by atoms with Crippen LogP contribution < -0.4 is 5.32 Å². The van der Waals surface area contributed by atoms with Crippen LogP contribution in [0.2, 0.25) is 0 Å². The quantitative estimate of drug-likeness (QED) is 0.693. The van der Waals surface area contributed by atoms with Crippen molar-refractivity contribution in [2.75, 3.05) is 5.32 Å². The van der Waals surface area contributed by atoms with E-state index in [-0.39, 0.29) is 11.2 Å². The number of carbonyl (C=O) groups excluding carboxylic acids is 1. The van der Waals surface area contributed by atoms with E-state index >= 15 is 0 Å². The molecule has 0 aliphatic rings. The van der Waals surface area contributed by atoms with Gasteiger partial charge < -0.3 is 5.32 Å². The first kappa shape index (κ1) is 14.5. The van der Waals surface area contributed by atoms with E-state index in [9.17, 15) is 4.79 Å². The van der Waals surface area contributed by atoms with E-state index in [1.54, 1.807) is 18.5 Å². The largest absolute Gasteiger partial charge is 0.325 e. The Balaban J connectivity index is 1.99. The molecule has 0 fully saturated rings. The van der Waals surface area contributed by atoms with Crippen LogP contribution in [-0.4, -0.2) is 21.1 Å². The first-order valence-corrected chi connectivity index (χ1v) is 7.26. The third-order valence-electron chi connectivity index (χ3n) is 2.97. The Bertz CT molecular complexity index is 601. The standard InChI is InChI=1S/C15H17N3OS/c1-10-5-6-13(9-11(10)2)18-14(19)12(3)20-15-16-7-4-8-17-15/h4-9,12H,1-3H3,(H,18,19). The Labute approximate surface area is 123 Å². The number of benzene rings is 1. The van der Waals surface area contributed by atoms with E-state index in [0.717, 1.165) is 11.3 Å². The van der Waals surface area contributed by atoms with E-state index in [2.05, 4.69) is 15.3 Å². The molecule has 0 aliphatic carbocycles. The summed E-state index contributed by atoms with van der Waals surface area (Å²) < 4.78 is 0. The van der Waals surface area contributed by atoms with Crippen molar-refractivity contribution in [3.63, 3.8) is 0 Å². The van der Waals surface area contributed by atoms with Crippen molar-refractivity contribution in [2.45, 2.75) is 31.2 Å². The Morgan fingerprint density at radius 1 is 1.20 bits per heavy atom. The zero-order valence-electron chi connectivity index (χ0n) is 11.8. The van der Waals surface area contributed by atoms with Gasteiger partial charge in [0, 0.05) is 18.1 Å². The normalized spacial score (nSPS) is 11.9. The summed E-state index contributed by atoms with van der Waals surface area (Å²) in [4.78, 5) is 20.3. The van der Waals surface area contributed by atoms with E-state index in [1.165, 1.54) is 17.3 Å². The second-order valence-corrected chi connectivity index (χ2v) is 5.89. The Morgan fingerprint density at radius 2 is 1.90 bits per heavy atom. The van der Waals surface area contributed by atoms with Crippen molar-refractivity contribution in [3.05, 3.63) is 47.8 Å². The summed E-state index contributed by atoms with van der Waals surface area (Å²) in [5.41, 5.74) is 3.19. The Kier molecular flexibility index (Phi) is 4.74. The van der Waals surface area contributed by atoms with Crippen LogP contribution in [0, 0.1) is 13.8 Å². The smallest absolute Gasteiger partial charge is 0.237 e. The van der Waals surface area contributed by atoms with Crippen LogP contribution in [0.25, 0.3) is 0 Å². The van der Waals surface area contributed by atoms with Gasteiger partial charge >= 0.3 is 0 Å². The number of anilines is 1. The summed E-state index contributed by atoms with van der Waals surface area (Å²) in [6.07, 6.45) is 3.34. The number of carbonyl (C=O) groups is 1. The van der Waals surface area contributed by atoms with Crippen molar-refractivity contribution in [3.8, 4) is 0 Å². The van der Waals surface area contributed by atoms with Gasteiger partial charge in [0.2, 0.25) is 5.91 Å².